The Kier molecular flexibility index (Phi) is 3.38. The largest absolute Gasteiger partial charge is 0.420 e. The van der Waals surface area contributed by atoms with Gasteiger partial charge in [-0.1, -0.05) is 37.3 Å². The summed E-state index contributed by atoms with van der Waals surface area (Å²) in [5.74, 6) is 1.36. The van der Waals surface area contributed by atoms with E-state index in [-0.39, 0.29) is 5.92 Å². The number of hydrogen-bond acceptors (Lipinski definition) is 4. The number of nitrogens with one attached hydrogen (secondary N) is 1. The Morgan fingerprint density at radius 2 is 1.96 bits per heavy atom. The lowest BCUT2D eigenvalue weighted by Crippen LogP contribution is -1.98. The van der Waals surface area contributed by atoms with E-state index in [2.05, 4.69) is 39.2 Å². The average Bonchev–Trinajstić information content (AvgIpc) is 3.24. The van der Waals surface area contributed by atoms with E-state index in [9.17, 15) is 0 Å². The summed E-state index contributed by atoms with van der Waals surface area (Å²) in [5, 5.41) is 8.40. The van der Waals surface area contributed by atoms with E-state index in [1.807, 2.05) is 36.4 Å². The highest BCUT2D eigenvalue weighted by Gasteiger charge is 2.16. The predicted molar refractivity (Wildman–Crippen MR) is 87.9 cm³/mol. The van der Waals surface area contributed by atoms with Crippen molar-refractivity contribution in [2.24, 2.45) is 0 Å². The van der Waals surface area contributed by atoms with Gasteiger partial charge in [-0.05, 0) is 30.2 Å². The Balaban J connectivity index is 1.58. The van der Waals surface area contributed by atoms with E-state index in [0.717, 1.165) is 23.0 Å². The van der Waals surface area contributed by atoms with E-state index >= 15 is 0 Å². The summed E-state index contributed by atoms with van der Waals surface area (Å²) in [5.41, 5.74) is 4.03. The molecule has 0 saturated carbocycles. The Hall–Kier alpha value is -2.95. The minimum absolute atomic E-state index is 0.174. The number of aromatic nitrogens is 4. The molecule has 0 saturated heterocycles. The molecule has 2 heterocycles. The minimum Gasteiger partial charge on any atom is -0.420 e. The fourth-order valence-corrected chi connectivity index (χ4v) is 2.67. The number of fused-ring (bicyclic) bond motifs is 1. The van der Waals surface area contributed by atoms with Gasteiger partial charge in [0.1, 0.15) is 0 Å². The number of aromatic amines is 1. The SMILES string of the molecule is CC(Cc1ccccc1)c1nnc(-c2ccc3[nH]cnc3c2)o1. The molecule has 114 valence electrons. The van der Waals surface area contributed by atoms with Crippen LogP contribution in [0.5, 0.6) is 0 Å². The molecule has 0 bridgehead atoms. The third-order valence-electron chi connectivity index (χ3n) is 3.92. The maximum Gasteiger partial charge on any atom is 0.247 e. The second kappa shape index (κ2) is 5.68. The molecule has 5 heteroatoms. The van der Waals surface area contributed by atoms with Crippen LogP contribution < -0.4 is 0 Å². The Morgan fingerprint density at radius 3 is 2.83 bits per heavy atom. The van der Waals surface area contributed by atoms with Gasteiger partial charge >= 0.3 is 0 Å². The van der Waals surface area contributed by atoms with Gasteiger partial charge in [0.15, 0.2) is 0 Å². The van der Waals surface area contributed by atoms with Crippen molar-refractivity contribution in [3.63, 3.8) is 0 Å². The number of imidazole rings is 1. The summed E-state index contributed by atoms with van der Waals surface area (Å²) in [6, 6.07) is 16.2. The molecule has 5 nitrogen and oxygen atoms in total. The molecule has 0 spiro atoms. The first-order chi connectivity index (χ1) is 11.3. The third-order valence-corrected chi connectivity index (χ3v) is 3.92. The molecule has 0 fully saturated rings. The van der Waals surface area contributed by atoms with Gasteiger partial charge in [0.25, 0.3) is 0 Å². The topological polar surface area (TPSA) is 67.6 Å². The molecule has 4 aromatic rings. The van der Waals surface area contributed by atoms with Crippen LogP contribution in [0.15, 0.2) is 59.3 Å². The third kappa shape index (κ3) is 2.73. The van der Waals surface area contributed by atoms with E-state index in [1.165, 1.54) is 5.56 Å². The van der Waals surface area contributed by atoms with Crippen molar-refractivity contribution < 1.29 is 4.42 Å². The highest BCUT2D eigenvalue weighted by atomic mass is 16.4. The number of benzene rings is 2. The molecule has 23 heavy (non-hydrogen) atoms. The van der Waals surface area contributed by atoms with Gasteiger partial charge in [0, 0.05) is 11.5 Å². The van der Waals surface area contributed by atoms with Crippen LogP contribution in [-0.2, 0) is 6.42 Å². The van der Waals surface area contributed by atoms with Crippen molar-refractivity contribution in [3.05, 3.63) is 66.3 Å². The molecule has 0 radical (unpaired) electrons. The van der Waals surface area contributed by atoms with Crippen LogP contribution in [0.2, 0.25) is 0 Å². The maximum atomic E-state index is 5.87. The zero-order valence-electron chi connectivity index (χ0n) is 12.7. The summed E-state index contributed by atoms with van der Waals surface area (Å²) in [7, 11) is 0. The monoisotopic (exact) mass is 304 g/mol. The summed E-state index contributed by atoms with van der Waals surface area (Å²) in [6.07, 6.45) is 2.55. The number of rotatable bonds is 4. The molecule has 0 amide bonds. The lowest BCUT2D eigenvalue weighted by molar-refractivity contribution is 0.466. The van der Waals surface area contributed by atoms with Gasteiger partial charge in [0.05, 0.1) is 17.4 Å². The van der Waals surface area contributed by atoms with Gasteiger partial charge in [0.2, 0.25) is 11.8 Å². The standard InChI is InChI=1S/C18H16N4O/c1-12(9-13-5-3-2-4-6-13)17-21-22-18(23-17)14-7-8-15-16(10-14)20-11-19-15/h2-8,10-12H,9H2,1H3,(H,19,20). The van der Waals surface area contributed by atoms with Gasteiger partial charge in [-0.25, -0.2) is 4.98 Å². The fourth-order valence-electron chi connectivity index (χ4n) is 2.67. The Bertz CT molecular complexity index is 926. The molecule has 0 aliphatic rings. The molecular weight excluding hydrogens is 288 g/mol. The van der Waals surface area contributed by atoms with Crippen LogP contribution in [0.4, 0.5) is 0 Å². The number of nitrogens with zero attached hydrogens (tertiary/aromatic N) is 3. The van der Waals surface area contributed by atoms with Crippen LogP contribution in [0.3, 0.4) is 0 Å². The maximum absolute atomic E-state index is 5.87. The molecule has 2 aromatic carbocycles. The van der Waals surface area contributed by atoms with Crippen molar-refractivity contribution in [2.45, 2.75) is 19.3 Å². The van der Waals surface area contributed by atoms with Crippen LogP contribution in [0, 0.1) is 0 Å². The first-order valence-electron chi connectivity index (χ1n) is 7.60. The van der Waals surface area contributed by atoms with Crippen LogP contribution in [0.1, 0.15) is 24.3 Å². The summed E-state index contributed by atoms with van der Waals surface area (Å²) >= 11 is 0. The van der Waals surface area contributed by atoms with E-state index in [0.29, 0.717) is 11.8 Å². The average molecular weight is 304 g/mol. The predicted octanol–water partition coefficient (Wildman–Crippen LogP) is 3.96. The quantitative estimate of drug-likeness (QED) is 0.619. The second-order valence-corrected chi connectivity index (χ2v) is 5.67. The Labute approximate surface area is 133 Å². The van der Waals surface area contributed by atoms with Crippen LogP contribution in [-0.4, -0.2) is 20.2 Å². The molecule has 0 aliphatic carbocycles. The Morgan fingerprint density at radius 1 is 1.09 bits per heavy atom. The van der Waals surface area contributed by atoms with Gasteiger partial charge in [-0.3, -0.25) is 0 Å². The van der Waals surface area contributed by atoms with Gasteiger partial charge < -0.3 is 9.40 Å². The van der Waals surface area contributed by atoms with Crippen molar-refractivity contribution in [3.8, 4) is 11.5 Å². The van der Waals surface area contributed by atoms with Crippen molar-refractivity contribution in [1.29, 1.82) is 0 Å². The normalized spacial score (nSPS) is 12.6. The van der Waals surface area contributed by atoms with Crippen LogP contribution >= 0.6 is 0 Å². The molecule has 1 unspecified atom stereocenters. The van der Waals surface area contributed by atoms with Gasteiger partial charge in [-0.2, -0.15) is 0 Å². The highest BCUT2D eigenvalue weighted by molar-refractivity contribution is 5.79. The lowest BCUT2D eigenvalue weighted by Gasteiger charge is -2.06. The number of H-pyrrole nitrogens is 1. The molecule has 0 aliphatic heterocycles. The first kappa shape index (κ1) is 13.7. The number of hydrogen-bond donors (Lipinski definition) is 1. The highest BCUT2D eigenvalue weighted by Crippen LogP contribution is 2.25. The second-order valence-electron chi connectivity index (χ2n) is 5.67. The van der Waals surface area contributed by atoms with Crippen LogP contribution in [0.25, 0.3) is 22.5 Å². The van der Waals surface area contributed by atoms with Gasteiger partial charge in [-0.15, -0.1) is 10.2 Å². The molecule has 1 atom stereocenters. The van der Waals surface area contributed by atoms with Crippen molar-refractivity contribution in [2.75, 3.05) is 0 Å². The van der Waals surface area contributed by atoms with E-state index < -0.39 is 0 Å². The van der Waals surface area contributed by atoms with E-state index in [4.69, 9.17) is 4.42 Å². The zero-order valence-corrected chi connectivity index (χ0v) is 12.7. The van der Waals surface area contributed by atoms with Crippen molar-refractivity contribution in [1.82, 2.24) is 20.2 Å². The fraction of sp³-hybridized carbons (Fsp3) is 0.167. The lowest BCUT2D eigenvalue weighted by atomic mass is 10.0. The molecule has 4 rings (SSSR count). The summed E-state index contributed by atoms with van der Waals surface area (Å²) in [4.78, 5) is 7.33. The van der Waals surface area contributed by atoms with Crippen molar-refractivity contribution >= 4 is 11.0 Å². The molecule has 2 aromatic heterocycles. The summed E-state index contributed by atoms with van der Waals surface area (Å²) < 4.78 is 5.87. The van der Waals surface area contributed by atoms with E-state index in [1.54, 1.807) is 6.33 Å². The zero-order chi connectivity index (χ0) is 15.6. The molecule has 1 N–H and O–H groups in total. The minimum atomic E-state index is 0.174. The smallest absolute Gasteiger partial charge is 0.247 e. The first-order valence-corrected chi connectivity index (χ1v) is 7.60. The summed E-state index contributed by atoms with van der Waals surface area (Å²) in [6.45, 7) is 2.10. The molecular formula is C18H16N4O.